The Labute approximate surface area is 97.0 Å². The van der Waals surface area contributed by atoms with Gasteiger partial charge in [0.2, 0.25) is 0 Å². The number of nitrogens with zero attached hydrogens (tertiary/aromatic N) is 2. The average Bonchev–Trinajstić information content (AvgIpc) is 2.68. The predicted molar refractivity (Wildman–Crippen MR) is 63.8 cm³/mol. The van der Waals surface area contributed by atoms with Crippen molar-refractivity contribution in [3.05, 3.63) is 11.4 Å². The molecule has 0 aromatic rings. The molecule has 0 aromatic carbocycles. The Morgan fingerprint density at radius 3 is 1.75 bits per heavy atom. The fourth-order valence-electron chi connectivity index (χ4n) is 5.10. The van der Waals surface area contributed by atoms with Crippen LogP contribution in [0.1, 0.15) is 47.0 Å². The van der Waals surface area contributed by atoms with Crippen LogP contribution in [0.25, 0.3) is 0 Å². The lowest BCUT2D eigenvalue weighted by atomic mass is 9.64. The summed E-state index contributed by atoms with van der Waals surface area (Å²) < 4.78 is 5.36. The van der Waals surface area contributed by atoms with Crippen molar-refractivity contribution in [2.75, 3.05) is 0 Å². The van der Waals surface area contributed by atoms with Gasteiger partial charge >= 0.3 is 5.66 Å². The molecule has 1 fully saturated rings. The van der Waals surface area contributed by atoms with E-state index in [4.69, 9.17) is 0 Å². The fourth-order valence-corrected chi connectivity index (χ4v) is 5.10. The molecular formula is C14H20N2+2. The van der Waals surface area contributed by atoms with Crippen LogP contribution in [0.2, 0.25) is 0 Å². The van der Waals surface area contributed by atoms with Crippen LogP contribution in [0.4, 0.5) is 0 Å². The van der Waals surface area contributed by atoms with E-state index in [1.807, 2.05) is 0 Å². The Morgan fingerprint density at radius 2 is 1.31 bits per heavy atom. The molecule has 4 aliphatic rings. The molecule has 0 aromatic heterocycles. The summed E-state index contributed by atoms with van der Waals surface area (Å²) in [7, 11) is 0. The van der Waals surface area contributed by atoms with Gasteiger partial charge in [-0.05, 0) is 6.42 Å². The van der Waals surface area contributed by atoms with Crippen molar-refractivity contribution in [1.82, 2.24) is 0 Å². The molecule has 16 heavy (non-hydrogen) atoms. The van der Waals surface area contributed by atoms with Crippen molar-refractivity contribution in [3.8, 4) is 0 Å². The summed E-state index contributed by atoms with van der Waals surface area (Å²) in [5, 5.41) is 0. The van der Waals surface area contributed by atoms with Gasteiger partial charge in [-0.1, -0.05) is 0 Å². The quantitative estimate of drug-likeness (QED) is 0.548. The van der Waals surface area contributed by atoms with E-state index >= 15 is 0 Å². The minimum absolute atomic E-state index is 0.377. The van der Waals surface area contributed by atoms with Crippen LogP contribution in [0.3, 0.4) is 0 Å². The number of hydrogen-bond acceptors (Lipinski definition) is 0. The molecule has 84 valence electrons. The third-order valence-corrected chi connectivity index (χ3v) is 5.53. The summed E-state index contributed by atoms with van der Waals surface area (Å²) in [6.45, 7) is 9.27. The molecule has 3 heterocycles. The molecule has 2 unspecified atom stereocenters. The first-order chi connectivity index (χ1) is 7.58. The van der Waals surface area contributed by atoms with Gasteiger partial charge in [0.15, 0.2) is 11.4 Å². The van der Waals surface area contributed by atoms with E-state index in [9.17, 15) is 0 Å². The summed E-state index contributed by atoms with van der Waals surface area (Å²) in [5.41, 5.74) is 6.58. The van der Waals surface area contributed by atoms with E-state index in [1.54, 1.807) is 11.4 Å². The van der Waals surface area contributed by atoms with Crippen molar-refractivity contribution in [2.24, 2.45) is 11.8 Å². The van der Waals surface area contributed by atoms with E-state index in [0.717, 1.165) is 11.8 Å². The van der Waals surface area contributed by atoms with Gasteiger partial charge in [-0.3, -0.25) is 0 Å². The van der Waals surface area contributed by atoms with Gasteiger partial charge < -0.3 is 0 Å². The van der Waals surface area contributed by atoms with Gasteiger partial charge in [0.25, 0.3) is 11.4 Å². The van der Waals surface area contributed by atoms with Crippen LogP contribution in [0, 0.1) is 11.8 Å². The van der Waals surface area contributed by atoms with E-state index < -0.39 is 0 Å². The highest BCUT2D eigenvalue weighted by atomic mass is 15.4. The summed E-state index contributed by atoms with van der Waals surface area (Å²) in [4.78, 5) is 0. The monoisotopic (exact) mass is 216 g/mol. The molecule has 1 aliphatic carbocycles. The molecule has 0 saturated heterocycles. The smallest absolute Gasteiger partial charge is 0.134 e. The molecule has 0 radical (unpaired) electrons. The Kier molecular flexibility index (Phi) is 1.34. The van der Waals surface area contributed by atoms with Crippen molar-refractivity contribution in [3.63, 3.8) is 0 Å². The second kappa shape index (κ2) is 2.34. The third kappa shape index (κ3) is 0.629. The Hall–Kier alpha value is -0.920. The largest absolute Gasteiger partial charge is 0.368 e. The van der Waals surface area contributed by atoms with Crippen LogP contribution in [0.15, 0.2) is 11.4 Å². The maximum Gasteiger partial charge on any atom is 0.368 e. The molecule has 2 atom stereocenters. The SMILES string of the molecule is CC1=C(C)[N+]2=C(C)CC3CC4CC(C)=[N+]1C432. The van der Waals surface area contributed by atoms with Gasteiger partial charge in [-0.25, -0.2) is 0 Å². The molecule has 1 saturated carbocycles. The highest BCUT2D eigenvalue weighted by molar-refractivity contribution is 5.83. The minimum atomic E-state index is 0.377. The lowest BCUT2D eigenvalue weighted by Crippen LogP contribution is -2.59. The van der Waals surface area contributed by atoms with Crippen molar-refractivity contribution in [2.45, 2.75) is 52.6 Å². The Bertz CT molecular complexity index is 473. The second-order valence-corrected chi connectivity index (χ2v) is 6.13. The number of rotatable bonds is 0. The third-order valence-electron chi connectivity index (χ3n) is 5.53. The first kappa shape index (κ1) is 9.15. The second-order valence-electron chi connectivity index (χ2n) is 6.13. The molecule has 2 heteroatoms. The zero-order valence-corrected chi connectivity index (χ0v) is 10.7. The van der Waals surface area contributed by atoms with Crippen LogP contribution in [-0.4, -0.2) is 26.2 Å². The lowest BCUT2D eigenvalue weighted by Gasteiger charge is -2.36. The van der Waals surface area contributed by atoms with E-state index in [0.29, 0.717) is 5.66 Å². The lowest BCUT2D eigenvalue weighted by molar-refractivity contribution is -0.780. The minimum Gasteiger partial charge on any atom is -0.134 e. The highest BCUT2D eigenvalue weighted by Gasteiger charge is 2.82. The van der Waals surface area contributed by atoms with Crippen LogP contribution in [-0.2, 0) is 0 Å². The van der Waals surface area contributed by atoms with Gasteiger partial charge in [-0.2, -0.15) is 0 Å². The highest BCUT2D eigenvalue weighted by Crippen LogP contribution is 2.61. The Morgan fingerprint density at radius 1 is 0.875 bits per heavy atom. The van der Waals surface area contributed by atoms with Crippen molar-refractivity contribution in [1.29, 1.82) is 0 Å². The summed E-state index contributed by atoms with van der Waals surface area (Å²) in [6.07, 6.45) is 4.10. The molecule has 4 rings (SSSR count). The number of allylic oxidation sites excluding steroid dienone is 2. The topological polar surface area (TPSA) is 6.02 Å². The number of hydrogen-bond donors (Lipinski definition) is 0. The predicted octanol–water partition coefficient (Wildman–Crippen LogP) is 2.34. The van der Waals surface area contributed by atoms with Crippen LogP contribution in [0.5, 0.6) is 0 Å². The normalized spacial score (nSPS) is 44.2. The van der Waals surface area contributed by atoms with Gasteiger partial charge in [0.05, 0.1) is 0 Å². The zero-order valence-electron chi connectivity index (χ0n) is 10.7. The van der Waals surface area contributed by atoms with Gasteiger partial charge in [0, 0.05) is 40.5 Å². The van der Waals surface area contributed by atoms with E-state index in [-0.39, 0.29) is 0 Å². The first-order valence-electron chi connectivity index (χ1n) is 6.51. The van der Waals surface area contributed by atoms with Crippen LogP contribution >= 0.6 is 0 Å². The molecular weight excluding hydrogens is 196 g/mol. The molecule has 1 spiro atoms. The van der Waals surface area contributed by atoms with Gasteiger partial charge in [-0.15, -0.1) is 9.15 Å². The van der Waals surface area contributed by atoms with Crippen molar-refractivity contribution < 1.29 is 9.15 Å². The van der Waals surface area contributed by atoms with E-state index in [1.165, 1.54) is 30.7 Å². The molecule has 0 N–H and O–H groups in total. The standard InChI is InChI=1S/C14H20N2/c1-8-5-12-7-13-6-9(2)16-11(4)10(3)15(8)14(12,13)16/h12-13H,5-7H2,1-4H3/q+2. The van der Waals surface area contributed by atoms with Gasteiger partial charge in [0.1, 0.15) is 11.8 Å². The maximum absolute atomic E-state index is 2.68. The van der Waals surface area contributed by atoms with Crippen molar-refractivity contribution >= 4 is 11.4 Å². The summed E-state index contributed by atoms with van der Waals surface area (Å²) in [5.74, 6) is 1.78. The van der Waals surface area contributed by atoms with E-state index in [2.05, 4.69) is 36.8 Å². The zero-order chi connectivity index (χ0) is 11.2. The fraction of sp³-hybridized carbons (Fsp3) is 0.714. The molecule has 0 amide bonds. The molecule has 3 aliphatic heterocycles. The molecule has 2 nitrogen and oxygen atoms in total. The summed E-state index contributed by atoms with van der Waals surface area (Å²) in [6, 6.07) is 0. The Balaban J connectivity index is 2.08. The average molecular weight is 216 g/mol. The molecule has 0 bridgehead atoms. The maximum atomic E-state index is 2.68. The van der Waals surface area contributed by atoms with Crippen LogP contribution < -0.4 is 0 Å². The summed E-state index contributed by atoms with van der Waals surface area (Å²) >= 11 is 0. The first-order valence-corrected chi connectivity index (χ1v) is 6.51.